The summed E-state index contributed by atoms with van der Waals surface area (Å²) >= 11 is 0. The molecule has 0 spiro atoms. The van der Waals surface area contributed by atoms with E-state index in [1.54, 1.807) is 6.07 Å². The second-order valence-electron chi connectivity index (χ2n) is 4.16. The van der Waals surface area contributed by atoms with E-state index in [0.29, 0.717) is 5.92 Å². The van der Waals surface area contributed by atoms with Gasteiger partial charge in [0.2, 0.25) is 5.76 Å². The van der Waals surface area contributed by atoms with Crippen LogP contribution in [0.5, 0.6) is 0 Å². The highest BCUT2D eigenvalue weighted by atomic mass is 16.5. The lowest BCUT2D eigenvalue weighted by Crippen LogP contribution is -2.17. The van der Waals surface area contributed by atoms with Gasteiger partial charge in [-0.3, -0.25) is 0 Å². The molecule has 0 aromatic carbocycles. The molecule has 4 nitrogen and oxygen atoms in total. The van der Waals surface area contributed by atoms with Crippen LogP contribution in [0.1, 0.15) is 42.6 Å². The van der Waals surface area contributed by atoms with Gasteiger partial charge in [-0.1, -0.05) is 13.8 Å². The number of ether oxygens (including phenoxy) is 1. The van der Waals surface area contributed by atoms with Gasteiger partial charge in [0.25, 0.3) is 0 Å². The van der Waals surface area contributed by atoms with Crippen molar-refractivity contribution < 1.29 is 13.9 Å². The van der Waals surface area contributed by atoms with Gasteiger partial charge in [-0.05, 0) is 31.5 Å². The first-order valence-corrected chi connectivity index (χ1v) is 5.43. The van der Waals surface area contributed by atoms with E-state index >= 15 is 0 Å². The summed E-state index contributed by atoms with van der Waals surface area (Å²) in [5, 5.41) is 3.17. The molecule has 0 fully saturated rings. The van der Waals surface area contributed by atoms with E-state index in [-0.39, 0.29) is 11.8 Å². The number of methoxy groups -OCH3 is 1. The van der Waals surface area contributed by atoms with Gasteiger partial charge < -0.3 is 14.5 Å². The number of carbonyl (C=O) groups excluding carboxylic acids is 1. The fourth-order valence-electron chi connectivity index (χ4n) is 1.60. The van der Waals surface area contributed by atoms with E-state index in [2.05, 4.69) is 23.9 Å². The van der Waals surface area contributed by atoms with Gasteiger partial charge in [0.15, 0.2) is 0 Å². The molecule has 0 bridgehead atoms. The first-order chi connectivity index (χ1) is 7.58. The summed E-state index contributed by atoms with van der Waals surface area (Å²) in [5.41, 5.74) is 0. The van der Waals surface area contributed by atoms with Gasteiger partial charge in [0.05, 0.1) is 13.2 Å². The monoisotopic (exact) mass is 225 g/mol. The highest BCUT2D eigenvalue weighted by Crippen LogP contribution is 2.23. The summed E-state index contributed by atoms with van der Waals surface area (Å²) in [6, 6.07) is 3.60. The summed E-state index contributed by atoms with van der Waals surface area (Å²) in [5.74, 6) is 1.15. The van der Waals surface area contributed by atoms with Crippen LogP contribution < -0.4 is 5.32 Å². The highest BCUT2D eigenvalue weighted by Gasteiger charge is 2.18. The van der Waals surface area contributed by atoms with Crippen LogP contribution in [0, 0.1) is 5.92 Å². The molecule has 0 radical (unpaired) electrons. The Kier molecular flexibility index (Phi) is 4.55. The Labute approximate surface area is 96.0 Å². The summed E-state index contributed by atoms with van der Waals surface area (Å²) < 4.78 is 10.0. The zero-order chi connectivity index (χ0) is 12.1. The molecule has 1 rings (SSSR count). The molecular weight excluding hydrogens is 206 g/mol. The third kappa shape index (κ3) is 3.10. The number of hydrogen-bond donors (Lipinski definition) is 1. The minimum absolute atomic E-state index is 0.137. The average Bonchev–Trinajstić information content (AvgIpc) is 2.73. The van der Waals surface area contributed by atoms with E-state index in [1.165, 1.54) is 7.11 Å². The van der Waals surface area contributed by atoms with Crippen molar-refractivity contribution in [2.45, 2.75) is 26.3 Å². The van der Waals surface area contributed by atoms with Gasteiger partial charge in [0.1, 0.15) is 5.76 Å². The molecule has 1 aromatic heterocycles. The van der Waals surface area contributed by atoms with E-state index < -0.39 is 5.97 Å². The molecule has 1 aromatic rings. The summed E-state index contributed by atoms with van der Waals surface area (Å²) in [7, 11) is 3.22. The van der Waals surface area contributed by atoms with Crippen LogP contribution in [0.3, 0.4) is 0 Å². The molecular formula is C12H19NO3. The van der Waals surface area contributed by atoms with Crippen molar-refractivity contribution >= 4 is 5.97 Å². The molecule has 0 saturated carbocycles. The summed E-state index contributed by atoms with van der Waals surface area (Å²) in [6.07, 6.45) is 0.963. The molecule has 0 saturated heterocycles. The van der Waals surface area contributed by atoms with Gasteiger partial charge in [-0.25, -0.2) is 4.79 Å². The quantitative estimate of drug-likeness (QED) is 0.782. The van der Waals surface area contributed by atoms with Gasteiger partial charge in [-0.2, -0.15) is 0 Å². The number of carbonyl (C=O) groups is 1. The van der Waals surface area contributed by atoms with Crippen molar-refractivity contribution in [2.75, 3.05) is 14.2 Å². The Bertz CT molecular complexity index is 344. The summed E-state index contributed by atoms with van der Waals surface area (Å²) in [6.45, 7) is 4.29. The van der Waals surface area contributed by atoms with Crippen molar-refractivity contribution in [2.24, 2.45) is 5.92 Å². The minimum atomic E-state index is -0.439. The van der Waals surface area contributed by atoms with Crippen LogP contribution in [-0.4, -0.2) is 20.1 Å². The SMILES string of the molecule is CNC(CC(C)C)c1ccc(C(=O)OC)o1. The Hall–Kier alpha value is -1.29. The first kappa shape index (κ1) is 12.8. The Morgan fingerprint density at radius 3 is 2.69 bits per heavy atom. The predicted octanol–water partition coefficient (Wildman–Crippen LogP) is 2.37. The third-order valence-electron chi connectivity index (χ3n) is 2.41. The predicted molar refractivity (Wildman–Crippen MR) is 61.3 cm³/mol. The van der Waals surface area contributed by atoms with Crippen molar-refractivity contribution in [1.29, 1.82) is 0 Å². The van der Waals surface area contributed by atoms with E-state index in [1.807, 2.05) is 13.1 Å². The lowest BCUT2D eigenvalue weighted by atomic mass is 10.0. The molecule has 1 atom stereocenters. The lowest BCUT2D eigenvalue weighted by molar-refractivity contribution is 0.0561. The Morgan fingerprint density at radius 2 is 2.19 bits per heavy atom. The fraction of sp³-hybridized carbons (Fsp3) is 0.583. The number of rotatable bonds is 5. The van der Waals surface area contributed by atoms with Gasteiger partial charge >= 0.3 is 5.97 Å². The number of nitrogens with one attached hydrogen (secondary N) is 1. The van der Waals surface area contributed by atoms with E-state index in [9.17, 15) is 4.79 Å². The molecule has 0 amide bonds. The molecule has 0 aliphatic heterocycles. The fourth-order valence-corrected chi connectivity index (χ4v) is 1.60. The molecule has 1 heterocycles. The van der Waals surface area contributed by atoms with E-state index in [0.717, 1.165) is 12.2 Å². The van der Waals surface area contributed by atoms with Crippen molar-refractivity contribution in [3.8, 4) is 0 Å². The van der Waals surface area contributed by atoms with E-state index in [4.69, 9.17) is 4.42 Å². The number of esters is 1. The average molecular weight is 225 g/mol. The Balaban J connectivity index is 2.78. The lowest BCUT2D eigenvalue weighted by Gasteiger charge is -2.15. The Morgan fingerprint density at radius 1 is 1.50 bits per heavy atom. The minimum Gasteiger partial charge on any atom is -0.463 e. The van der Waals surface area contributed by atoms with Gasteiger partial charge in [-0.15, -0.1) is 0 Å². The van der Waals surface area contributed by atoms with Crippen molar-refractivity contribution in [1.82, 2.24) is 5.32 Å². The van der Waals surface area contributed by atoms with Crippen LogP contribution in [0.4, 0.5) is 0 Å². The second-order valence-corrected chi connectivity index (χ2v) is 4.16. The zero-order valence-electron chi connectivity index (χ0n) is 10.2. The number of hydrogen-bond acceptors (Lipinski definition) is 4. The van der Waals surface area contributed by atoms with Crippen LogP contribution in [0.25, 0.3) is 0 Å². The molecule has 4 heteroatoms. The maximum absolute atomic E-state index is 11.2. The maximum atomic E-state index is 11.2. The standard InChI is InChI=1S/C12H19NO3/c1-8(2)7-9(13-3)10-5-6-11(16-10)12(14)15-4/h5-6,8-9,13H,7H2,1-4H3. The topological polar surface area (TPSA) is 51.5 Å². The van der Waals surface area contributed by atoms with Crippen molar-refractivity contribution in [3.05, 3.63) is 23.7 Å². The van der Waals surface area contributed by atoms with Crippen molar-refractivity contribution in [3.63, 3.8) is 0 Å². The number of furan rings is 1. The second kappa shape index (κ2) is 5.70. The maximum Gasteiger partial charge on any atom is 0.373 e. The third-order valence-corrected chi connectivity index (χ3v) is 2.41. The molecule has 1 N–H and O–H groups in total. The first-order valence-electron chi connectivity index (χ1n) is 5.43. The zero-order valence-corrected chi connectivity index (χ0v) is 10.2. The van der Waals surface area contributed by atoms with Crippen LogP contribution in [-0.2, 0) is 4.74 Å². The molecule has 90 valence electrons. The molecule has 1 unspecified atom stereocenters. The molecule has 16 heavy (non-hydrogen) atoms. The highest BCUT2D eigenvalue weighted by molar-refractivity contribution is 5.86. The smallest absolute Gasteiger partial charge is 0.373 e. The molecule has 0 aliphatic carbocycles. The largest absolute Gasteiger partial charge is 0.463 e. The summed E-state index contributed by atoms with van der Waals surface area (Å²) in [4.78, 5) is 11.2. The van der Waals surface area contributed by atoms with Crippen LogP contribution in [0.2, 0.25) is 0 Å². The van der Waals surface area contributed by atoms with Crippen LogP contribution in [0.15, 0.2) is 16.5 Å². The van der Waals surface area contributed by atoms with Gasteiger partial charge in [0, 0.05) is 0 Å². The molecule has 0 aliphatic rings. The normalized spacial score (nSPS) is 12.8. The van der Waals surface area contributed by atoms with Crippen LogP contribution >= 0.6 is 0 Å².